The first-order chi connectivity index (χ1) is 8.67. The number of nitrogens with one attached hydrogen (secondary N) is 1. The number of hydrogen-bond donors (Lipinski definition) is 1. The molecule has 0 saturated heterocycles. The lowest BCUT2D eigenvalue weighted by molar-refractivity contribution is -0.120. The molecule has 0 atom stereocenters. The fourth-order valence-corrected chi connectivity index (χ4v) is 1.79. The summed E-state index contributed by atoms with van der Waals surface area (Å²) in [6, 6.07) is 5.17. The molecule has 96 valence electrons. The van der Waals surface area contributed by atoms with Gasteiger partial charge < -0.3 is 5.32 Å². The second kappa shape index (κ2) is 7.98. The molecule has 0 fully saturated rings. The largest absolute Gasteiger partial charge is 0.356 e. The van der Waals surface area contributed by atoms with Gasteiger partial charge in [-0.3, -0.25) is 4.79 Å². The topological polar surface area (TPSA) is 41.5 Å². The maximum absolute atomic E-state index is 11.7. The lowest BCUT2D eigenvalue weighted by atomic mass is 10.1. The van der Waals surface area contributed by atoms with Gasteiger partial charge in [-0.1, -0.05) is 24.9 Å². The molecule has 1 amide bonds. The summed E-state index contributed by atoms with van der Waals surface area (Å²) in [6.07, 6.45) is 2.28. The van der Waals surface area contributed by atoms with Crippen molar-refractivity contribution in [1.82, 2.24) is 5.32 Å². The molecule has 18 heavy (non-hydrogen) atoms. The zero-order chi connectivity index (χ0) is 13.4. The van der Waals surface area contributed by atoms with E-state index in [2.05, 4.69) is 34.6 Å². The number of thiocarbonyl (C=S) groups is 1. The molecule has 0 unspecified atom stereocenters. The van der Waals surface area contributed by atoms with Gasteiger partial charge in [-0.15, -0.1) is 0 Å². The van der Waals surface area contributed by atoms with Crippen LogP contribution in [-0.4, -0.2) is 17.6 Å². The Morgan fingerprint density at radius 1 is 1.56 bits per heavy atom. The van der Waals surface area contributed by atoms with Gasteiger partial charge in [0.2, 0.25) is 5.91 Å². The molecule has 5 heteroatoms. The average Bonchev–Trinajstić information content (AvgIpc) is 2.33. The van der Waals surface area contributed by atoms with E-state index in [1.807, 2.05) is 0 Å². The van der Waals surface area contributed by atoms with Crippen LogP contribution in [0.15, 0.2) is 23.2 Å². The minimum absolute atomic E-state index is 0.0356. The lowest BCUT2D eigenvalue weighted by Gasteiger charge is -2.06. The van der Waals surface area contributed by atoms with Crippen LogP contribution in [0.1, 0.15) is 25.3 Å². The molecule has 0 aliphatic rings. The van der Waals surface area contributed by atoms with Crippen LogP contribution in [0.3, 0.4) is 0 Å². The minimum atomic E-state index is -0.0356. The number of unbranched alkanes of at least 4 members (excludes halogenated alkanes) is 1. The van der Waals surface area contributed by atoms with Crippen LogP contribution in [0, 0.1) is 0 Å². The lowest BCUT2D eigenvalue weighted by Crippen LogP contribution is -2.26. The Balaban J connectivity index is 2.73. The van der Waals surface area contributed by atoms with E-state index < -0.39 is 0 Å². The van der Waals surface area contributed by atoms with Crippen LogP contribution < -0.4 is 5.32 Å². The van der Waals surface area contributed by atoms with Crippen LogP contribution in [0.5, 0.6) is 0 Å². The van der Waals surface area contributed by atoms with Gasteiger partial charge in [0.1, 0.15) is 0 Å². The molecule has 0 aromatic heterocycles. The first-order valence-corrected chi connectivity index (χ1v) is 6.59. The highest BCUT2D eigenvalue weighted by atomic mass is 35.5. The number of halogens is 1. The Kier molecular flexibility index (Phi) is 6.58. The number of carbonyl (C=O) groups excluding carboxylic acids is 1. The molecule has 0 heterocycles. The summed E-state index contributed by atoms with van der Waals surface area (Å²) in [4.78, 5) is 15.6. The van der Waals surface area contributed by atoms with Crippen LogP contribution in [0.4, 0.5) is 5.69 Å². The Morgan fingerprint density at radius 2 is 2.33 bits per heavy atom. The van der Waals surface area contributed by atoms with Gasteiger partial charge in [0.25, 0.3) is 0 Å². The van der Waals surface area contributed by atoms with Crippen molar-refractivity contribution in [3.63, 3.8) is 0 Å². The number of isothiocyanates is 1. The standard InChI is InChI=1S/C13H15ClN2OS/c1-2-3-6-15-13(17)8-10-7-11(14)4-5-12(10)16-9-18/h4-5,7H,2-3,6,8H2,1H3,(H,15,17). The average molecular weight is 283 g/mol. The first kappa shape index (κ1) is 14.8. The van der Waals surface area contributed by atoms with Crippen molar-refractivity contribution in [2.45, 2.75) is 26.2 Å². The fraction of sp³-hybridized carbons (Fsp3) is 0.385. The molecule has 1 N–H and O–H groups in total. The number of rotatable bonds is 6. The molecule has 1 aromatic rings. The Hall–Kier alpha value is -1.22. The number of nitrogens with zero attached hydrogens (tertiary/aromatic N) is 1. The predicted molar refractivity (Wildman–Crippen MR) is 77.8 cm³/mol. The Morgan fingerprint density at radius 3 is 3.00 bits per heavy atom. The molecule has 0 aliphatic carbocycles. The maximum Gasteiger partial charge on any atom is 0.224 e. The van der Waals surface area contributed by atoms with Crippen LogP contribution in [0.25, 0.3) is 0 Å². The smallest absolute Gasteiger partial charge is 0.224 e. The molecule has 0 saturated carbocycles. The van der Waals surface area contributed by atoms with Crippen molar-refractivity contribution in [2.75, 3.05) is 6.54 Å². The number of benzene rings is 1. The zero-order valence-electron chi connectivity index (χ0n) is 10.2. The highest BCUT2D eigenvalue weighted by molar-refractivity contribution is 7.78. The van der Waals surface area contributed by atoms with E-state index in [9.17, 15) is 4.79 Å². The normalized spacial score (nSPS) is 9.67. The van der Waals surface area contributed by atoms with Gasteiger partial charge in [0, 0.05) is 11.6 Å². The monoisotopic (exact) mass is 282 g/mol. The molecular formula is C13H15ClN2OS. The van der Waals surface area contributed by atoms with E-state index >= 15 is 0 Å². The highest BCUT2D eigenvalue weighted by Crippen LogP contribution is 2.23. The van der Waals surface area contributed by atoms with E-state index in [-0.39, 0.29) is 12.3 Å². The van der Waals surface area contributed by atoms with Crippen molar-refractivity contribution in [3.8, 4) is 0 Å². The molecule has 1 rings (SSSR count). The summed E-state index contributed by atoms with van der Waals surface area (Å²) in [7, 11) is 0. The van der Waals surface area contributed by atoms with Gasteiger partial charge in [-0.25, -0.2) is 0 Å². The molecule has 3 nitrogen and oxygen atoms in total. The highest BCUT2D eigenvalue weighted by Gasteiger charge is 2.08. The number of hydrogen-bond acceptors (Lipinski definition) is 3. The van der Waals surface area contributed by atoms with E-state index in [4.69, 9.17) is 11.6 Å². The fourth-order valence-electron chi connectivity index (χ4n) is 1.49. The van der Waals surface area contributed by atoms with Crippen LogP contribution in [-0.2, 0) is 11.2 Å². The van der Waals surface area contributed by atoms with Crippen molar-refractivity contribution in [1.29, 1.82) is 0 Å². The number of amides is 1. The summed E-state index contributed by atoms with van der Waals surface area (Å²) < 4.78 is 0. The van der Waals surface area contributed by atoms with E-state index in [0.717, 1.165) is 18.4 Å². The Labute approximate surface area is 117 Å². The van der Waals surface area contributed by atoms with Crippen molar-refractivity contribution in [2.24, 2.45) is 4.99 Å². The summed E-state index contributed by atoms with van der Waals surface area (Å²) in [6.45, 7) is 2.77. The predicted octanol–water partition coefficient (Wildman–Crippen LogP) is 3.53. The van der Waals surface area contributed by atoms with E-state index in [1.165, 1.54) is 0 Å². The minimum Gasteiger partial charge on any atom is -0.356 e. The molecule has 0 bridgehead atoms. The van der Waals surface area contributed by atoms with Crippen molar-refractivity contribution < 1.29 is 4.79 Å². The first-order valence-electron chi connectivity index (χ1n) is 5.80. The van der Waals surface area contributed by atoms with Crippen LogP contribution >= 0.6 is 23.8 Å². The van der Waals surface area contributed by atoms with Crippen LogP contribution in [0.2, 0.25) is 5.02 Å². The zero-order valence-corrected chi connectivity index (χ0v) is 11.8. The SMILES string of the molecule is CCCCNC(=O)Cc1cc(Cl)ccc1N=C=S. The molecule has 1 aromatic carbocycles. The summed E-state index contributed by atoms with van der Waals surface area (Å²) in [5, 5.41) is 5.73. The molecular weight excluding hydrogens is 268 g/mol. The quantitative estimate of drug-likeness (QED) is 0.493. The second-order valence-electron chi connectivity index (χ2n) is 3.86. The van der Waals surface area contributed by atoms with Gasteiger partial charge in [-0.2, -0.15) is 4.99 Å². The molecule has 0 radical (unpaired) electrons. The second-order valence-corrected chi connectivity index (χ2v) is 4.48. The third-order valence-electron chi connectivity index (χ3n) is 2.41. The third kappa shape index (κ3) is 4.96. The van der Waals surface area contributed by atoms with Gasteiger partial charge in [0.15, 0.2) is 0 Å². The van der Waals surface area contributed by atoms with Crippen molar-refractivity contribution in [3.05, 3.63) is 28.8 Å². The number of carbonyl (C=O) groups is 1. The van der Waals surface area contributed by atoms with E-state index in [1.54, 1.807) is 18.2 Å². The third-order valence-corrected chi connectivity index (χ3v) is 2.74. The van der Waals surface area contributed by atoms with Gasteiger partial charge >= 0.3 is 0 Å². The maximum atomic E-state index is 11.7. The Bertz CT molecular complexity index is 470. The van der Waals surface area contributed by atoms with E-state index in [0.29, 0.717) is 17.3 Å². The summed E-state index contributed by atoms with van der Waals surface area (Å²) in [5.41, 5.74) is 1.40. The molecule has 0 aliphatic heterocycles. The number of aliphatic imine (C=N–C) groups is 1. The van der Waals surface area contributed by atoms with Gasteiger partial charge in [-0.05, 0) is 42.4 Å². The van der Waals surface area contributed by atoms with Crippen molar-refractivity contribution >= 4 is 40.6 Å². The van der Waals surface area contributed by atoms with Gasteiger partial charge in [0.05, 0.1) is 17.3 Å². The summed E-state index contributed by atoms with van der Waals surface area (Å²) >= 11 is 10.5. The molecule has 0 spiro atoms. The summed E-state index contributed by atoms with van der Waals surface area (Å²) in [5.74, 6) is -0.0356.